The smallest absolute Gasteiger partial charge is 0.282 e. The molecule has 2 aliphatic heterocycles. The Labute approximate surface area is 190 Å². The van der Waals surface area contributed by atoms with Crippen LogP contribution in [-0.4, -0.2) is 52.8 Å². The van der Waals surface area contributed by atoms with Gasteiger partial charge in [-0.05, 0) is 47.9 Å². The minimum Gasteiger partial charge on any atom is -0.338 e. The van der Waals surface area contributed by atoms with Gasteiger partial charge in [0.15, 0.2) is 5.01 Å². The molecule has 2 aliphatic rings. The highest BCUT2D eigenvalue weighted by atomic mass is 32.1. The molecule has 2 fully saturated rings. The zero-order valence-corrected chi connectivity index (χ0v) is 18.4. The SMILES string of the molecule is O=C(c1nccs1)N1CCC(C2CN(C(=O)c3ccc(-c4ccccc4)cc3F)C2)CC1. The minimum absolute atomic E-state index is 0.0123. The number of aromatic nitrogens is 1. The molecule has 2 amide bonds. The maximum Gasteiger partial charge on any atom is 0.282 e. The van der Waals surface area contributed by atoms with Crippen molar-refractivity contribution < 1.29 is 14.0 Å². The molecule has 2 saturated heterocycles. The number of amides is 2. The number of halogens is 1. The normalized spacial score (nSPS) is 17.3. The van der Waals surface area contributed by atoms with Crippen molar-refractivity contribution in [1.29, 1.82) is 0 Å². The van der Waals surface area contributed by atoms with Gasteiger partial charge >= 0.3 is 0 Å². The van der Waals surface area contributed by atoms with Gasteiger partial charge in [0.1, 0.15) is 5.82 Å². The highest BCUT2D eigenvalue weighted by Gasteiger charge is 2.39. The van der Waals surface area contributed by atoms with Crippen molar-refractivity contribution in [2.75, 3.05) is 26.2 Å². The van der Waals surface area contributed by atoms with E-state index in [1.54, 1.807) is 23.2 Å². The molecule has 32 heavy (non-hydrogen) atoms. The molecule has 3 aromatic rings. The quantitative estimate of drug-likeness (QED) is 0.586. The first kappa shape index (κ1) is 20.8. The average molecular weight is 450 g/mol. The van der Waals surface area contributed by atoms with Gasteiger partial charge < -0.3 is 9.80 Å². The second-order valence-electron chi connectivity index (χ2n) is 8.50. The summed E-state index contributed by atoms with van der Waals surface area (Å²) in [5.41, 5.74) is 1.82. The van der Waals surface area contributed by atoms with Crippen molar-refractivity contribution in [2.45, 2.75) is 12.8 Å². The Morgan fingerprint density at radius 3 is 2.31 bits per heavy atom. The predicted molar refractivity (Wildman–Crippen MR) is 122 cm³/mol. The van der Waals surface area contributed by atoms with Gasteiger partial charge in [-0.2, -0.15) is 0 Å². The van der Waals surface area contributed by atoms with E-state index in [2.05, 4.69) is 4.98 Å². The molecule has 3 heterocycles. The number of benzene rings is 2. The van der Waals surface area contributed by atoms with Crippen LogP contribution in [0.4, 0.5) is 4.39 Å². The number of thiazole rings is 1. The first-order chi connectivity index (χ1) is 15.6. The van der Waals surface area contributed by atoms with Crippen molar-refractivity contribution >= 4 is 23.2 Å². The predicted octanol–water partition coefficient (Wildman–Crippen LogP) is 4.57. The Morgan fingerprint density at radius 2 is 1.66 bits per heavy atom. The number of piperidine rings is 1. The number of likely N-dealkylation sites (tertiary alicyclic amines) is 2. The van der Waals surface area contributed by atoms with E-state index in [0.29, 0.717) is 29.9 Å². The van der Waals surface area contributed by atoms with Gasteiger partial charge in [0, 0.05) is 37.8 Å². The van der Waals surface area contributed by atoms with Crippen LogP contribution in [0, 0.1) is 17.7 Å². The first-order valence-electron chi connectivity index (χ1n) is 10.9. The van der Waals surface area contributed by atoms with E-state index < -0.39 is 5.82 Å². The van der Waals surface area contributed by atoms with Gasteiger partial charge in [-0.3, -0.25) is 9.59 Å². The number of hydrogen-bond acceptors (Lipinski definition) is 4. The third-order valence-electron chi connectivity index (χ3n) is 6.61. The van der Waals surface area contributed by atoms with E-state index in [9.17, 15) is 14.0 Å². The monoisotopic (exact) mass is 449 g/mol. The summed E-state index contributed by atoms with van der Waals surface area (Å²) < 4.78 is 14.7. The molecule has 0 spiro atoms. The molecule has 164 valence electrons. The lowest BCUT2D eigenvalue weighted by Crippen LogP contribution is -2.54. The highest BCUT2D eigenvalue weighted by Crippen LogP contribution is 2.33. The van der Waals surface area contributed by atoms with Crippen LogP contribution in [0.15, 0.2) is 60.1 Å². The zero-order chi connectivity index (χ0) is 22.1. The van der Waals surface area contributed by atoms with Gasteiger partial charge in [-0.25, -0.2) is 9.37 Å². The second kappa shape index (κ2) is 8.82. The topological polar surface area (TPSA) is 53.5 Å². The summed E-state index contributed by atoms with van der Waals surface area (Å²) in [6.45, 7) is 2.76. The Hall–Kier alpha value is -3.06. The van der Waals surface area contributed by atoms with Gasteiger partial charge in [0.05, 0.1) is 5.56 Å². The molecule has 0 N–H and O–H groups in total. The molecule has 0 aliphatic carbocycles. The third-order valence-corrected chi connectivity index (χ3v) is 7.37. The zero-order valence-electron chi connectivity index (χ0n) is 17.6. The van der Waals surface area contributed by atoms with Crippen molar-refractivity contribution in [3.05, 3.63) is 76.5 Å². The maximum atomic E-state index is 14.7. The molecule has 0 bridgehead atoms. The van der Waals surface area contributed by atoms with E-state index >= 15 is 0 Å². The van der Waals surface area contributed by atoms with Crippen LogP contribution >= 0.6 is 11.3 Å². The van der Waals surface area contributed by atoms with Crippen LogP contribution in [0.2, 0.25) is 0 Å². The molecular formula is C25H24FN3O2S. The number of rotatable bonds is 4. The summed E-state index contributed by atoms with van der Waals surface area (Å²) in [5, 5.41) is 2.36. The van der Waals surface area contributed by atoms with E-state index in [1.807, 2.05) is 40.6 Å². The molecule has 5 nitrogen and oxygen atoms in total. The average Bonchev–Trinajstić information content (AvgIpc) is 3.33. The summed E-state index contributed by atoms with van der Waals surface area (Å²) in [6, 6.07) is 14.4. The van der Waals surface area contributed by atoms with Crippen LogP contribution in [0.5, 0.6) is 0 Å². The Kier molecular flexibility index (Phi) is 5.74. The third kappa shape index (κ3) is 4.05. The van der Waals surface area contributed by atoms with E-state index in [0.717, 1.165) is 37.1 Å². The van der Waals surface area contributed by atoms with Crippen molar-refractivity contribution in [2.24, 2.45) is 11.8 Å². The van der Waals surface area contributed by atoms with Crippen LogP contribution in [0.3, 0.4) is 0 Å². The molecule has 0 atom stereocenters. The van der Waals surface area contributed by atoms with E-state index in [1.165, 1.54) is 17.4 Å². The van der Waals surface area contributed by atoms with Gasteiger partial charge in [-0.15, -0.1) is 11.3 Å². The fourth-order valence-corrected chi connectivity index (χ4v) is 5.29. The summed E-state index contributed by atoms with van der Waals surface area (Å²) >= 11 is 1.37. The van der Waals surface area contributed by atoms with Crippen LogP contribution in [-0.2, 0) is 0 Å². The molecular weight excluding hydrogens is 425 g/mol. The largest absolute Gasteiger partial charge is 0.338 e. The lowest BCUT2D eigenvalue weighted by Gasteiger charge is -2.46. The maximum absolute atomic E-state index is 14.7. The Bertz CT molecular complexity index is 1110. The van der Waals surface area contributed by atoms with Crippen LogP contribution in [0.1, 0.15) is 33.0 Å². The molecule has 0 saturated carbocycles. The molecule has 5 rings (SSSR count). The minimum atomic E-state index is -0.478. The van der Waals surface area contributed by atoms with E-state index in [-0.39, 0.29) is 17.4 Å². The molecule has 7 heteroatoms. The van der Waals surface area contributed by atoms with Crippen molar-refractivity contribution in [3.8, 4) is 11.1 Å². The van der Waals surface area contributed by atoms with Gasteiger partial charge in [0.25, 0.3) is 11.8 Å². The van der Waals surface area contributed by atoms with Gasteiger partial charge in [0.2, 0.25) is 0 Å². The number of carbonyl (C=O) groups excluding carboxylic acids is 2. The fraction of sp³-hybridized carbons (Fsp3) is 0.320. The number of hydrogen-bond donors (Lipinski definition) is 0. The van der Waals surface area contributed by atoms with Gasteiger partial charge in [-0.1, -0.05) is 36.4 Å². The number of carbonyl (C=O) groups is 2. The number of nitrogens with zero attached hydrogens (tertiary/aromatic N) is 3. The van der Waals surface area contributed by atoms with Crippen LogP contribution in [0.25, 0.3) is 11.1 Å². The van der Waals surface area contributed by atoms with Crippen molar-refractivity contribution in [3.63, 3.8) is 0 Å². The lowest BCUT2D eigenvalue weighted by molar-refractivity contribution is 0.0225. The molecule has 2 aromatic carbocycles. The summed E-state index contributed by atoms with van der Waals surface area (Å²) in [6.07, 6.45) is 3.52. The standard InChI is InChI=1S/C25H24FN3O2S/c26-22-14-19(17-4-2-1-3-5-17)6-7-21(22)24(30)29-15-20(16-29)18-8-11-28(12-9-18)25(31)23-27-10-13-32-23/h1-7,10,13-14,18,20H,8-9,11-12,15-16H2. The fourth-order valence-electron chi connectivity index (χ4n) is 4.68. The lowest BCUT2D eigenvalue weighted by atomic mass is 9.79. The molecule has 0 radical (unpaired) electrons. The Balaban J connectivity index is 1.15. The van der Waals surface area contributed by atoms with E-state index in [4.69, 9.17) is 0 Å². The second-order valence-corrected chi connectivity index (χ2v) is 9.39. The van der Waals surface area contributed by atoms with Crippen LogP contribution < -0.4 is 0 Å². The molecule has 1 aromatic heterocycles. The molecule has 0 unspecified atom stereocenters. The first-order valence-corrected chi connectivity index (χ1v) is 11.8. The summed E-state index contributed by atoms with van der Waals surface area (Å²) in [7, 11) is 0. The summed E-state index contributed by atoms with van der Waals surface area (Å²) in [4.78, 5) is 33.0. The van der Waals surface area contributed by atoms with Crippen molar-refractivity contribution in [1.82, 2.24) is 14.8 Å². The summed E-state index contributed by atoms with van der Waals surface area (Å²) in [5.74, 6) is 0.203. The Morgan fingerprint density at radius 1 is 0.906 bits per heavy atom. The highest BCUT2D eigenvalue weighted by molar-refractivity contribution is 7.11.